The fraction of sp³-hybridized carbons (Fsp3) is 0.389. The molecule has 0 bridgehead atoms. The number of nitrogens with one attached hydrogen (secondary N) is 1. The van der Waals surface area contributed by atoms with E-state index in [9.17, 15) is 0 Å². The second-order valence-corrected chi connectivity index (χ2v) is 5.39. The molecule has 1 N–H and O–H groups in total. The number of rotatable bonds is 6. The zero-order valence-electron chi connectivity index (χ0n) is 13.3. The Morgan fingerprint density at radius 1 is 1.14 bits per heavy atom. The van der Waals surface area contributed by atoms with Crippen LogP contribution >= 0.6 is 0 Å². The van der Waals surface area contributed by atoms with E-state index in [4.69, 9.17) is 4.74 Å². The van der Waals surface area contributed by atoms with E-state index >= 15 is 0 Å². The van der Waals surface area contributed by atoms with E-state index in [0.29, 0.717) is 0 Å². The number of methoxy groups -OCH3 is 1. The van der Waals surface area contributed by atoms with Crippen molar-refractivity contribution in [1.29, 1.82) is 0 Å². The van der Waals surface area contributed by atoms with Gasteiger partial charge in [0.05, 0.1) is 18.8 Å². The third kappa shape index (κ3) is 4.05. The molecule has 3 heteroatoms. The molecule has 1 unspecified atom stereocenters. The Hall–Kier alpha value is -1.87. The lowest BCUT2D eigenvalue weighted by Gasteiger charge is -2.19. The van der Waals surface area contributed by atoms with E-state index in [-0.39, 0.29) is 6.04 Å². The molecule has 1 aromatic heterocycles. The average Bonchev–Trinajstić information content (AvgIpc) is 2.47. The van der Waals surface area contributed by atoms with Crippen LogP contribution in [0.1, 0.15) is 35.3 Å². The molecule has 112 valence electrons. The lowest BCUT2D eigenvalue weighted by atomic mass is 9.99. The molecule has 0 saturated heterocycles. The summed E-state index contributed by atoms with van der Waals surface area (Å²) in [5, 5.41) is 3.53. The molecular weight excluding hydrogens is 260 g/mol. The molecule has 3 nitrogen and oxygen atoms in total. The Bertz CT molecular complexity index is 596. The van der Waals surface area contributed by atoms with Crippen LogP contribution < -0.4 is 10.1 Å². The van der Waals surface area contributed by atoms with E-state index in [2.05, 4.69) is 49.3 Å². The normalized spacial score (nSPS) is 12.2. The summed E-state index contributed by atoms with van der Waals surface area (Å²) in [7, 11) is 1.72. The number of nitrogens with zero attached hydrogens (tertiary/aromatic N) is 1. The summed E-state index contributed by atoms with van der Waals surface area (Å²) in [5.41, 5.74) is 4.78. The van der Waals surface area contributed by atoms with Crippen molar-refractivity contribution < 1.29 is 4.74 Å². The molecule has 0 fully saturated rings. The Labute approximate surface area is 127 Å². The summed E-state index contributed by atoms with van der Waals surface area (Å²) in [6, 6.07) is 10.7. The molecule has 0 amide bonds. The molecule has 0 aliphatic heterocycles. The third-order valence-electron chi connectivity index (χ3n) is 3.60. The fourth-order valence-corrected chi connectivity index (χ4v) is 2.56. The van der Waals surface area contributed by atoms with Gasteiger partial charge in [-0.2, -0.15) is 0 Å². The van der Waals surface area contributed by atoms with Crippen LogP contribution in [0.15, 0.2) is 36.5 Å². The molecule has 0 aliphatic rings. The van der Waals surface area contributed by atoms with E-state index in [0.717, 1.165) is 24.4 Å². The molecule has 0 spiro atoms. The van der Waals surface area contributed by atoms with Gasteiger partial charge in [-0.05, 0) is 56.1 Å². The van der Waals surface area contributed by atoms with Gasteiger partial charge in [-0.1, -0.05) is 24.6 Å². The van der Waals surface area contributed by atoms with Crippen LogP contribution in [0.5, 0.6) is 5.75 Å². The summed E-state index contributed by atoms with van der Waals surface area (Å²) in [4.78, 5) is 4.53. The minimum Gasteiger partial charge on any atom is -0.496 e. The van der Waals surface area contributed by atoms with Crippen LogP contribution in [0, 0.1) is 13.8 Å². The van der Waals surface area contributed by atoms with E-state index in [1.54, 1.807) is 7.11 Å². The highest BCUT2D eigenvalue weighted by atomic mass is 16.5. The molecule has 2 aromatic rings. The van der Waals surface area contributed by atoms with E-state index in [1.165, 1.54) is 16.7 Å². The van der Waals surface area contributed by atoms with E-state index in [1.807, 2.05) is 18.3 Å². The van der Waals surface area contributed by atoms with Crippen molar-refractivity contribution in [2.24, 2.45) is 0 Å². The lowest BCUT2D eigenvalue weighted by molar-refractivity contribution is 0.405. The number of hydrogen-bond donors (Lipinski definition) is 1. The van der Waals surface area contributed by atoms with Crippen molar-refractivity contribution in [1.82, 2.24) is 10.3 Å². The van der Waals surface area contributed by atoms with Gasteiger partial charge in [0.25, 0.3) is 0 Å². The van der Waals surface area contributed by atoms with Crippen LogP contribution in [-0.4, -0.2) is 18.6 Å². The summed E-state index contributed by atoms with van der Waals surface area (Å²) in [6.07, 6.45) is 2.75. The van der Waals surface area contributed by atoms with Crippen molar-refractivity contribution in [2.75, 3.05) is 13.7 Å². The van der Waals surface area contributed by atoms with Gasteiger partial charge in [-0.15, -0.1) is 0 Å². The predicted molar refractivity (Wildman–Crippen MR) is 86.8 cm³/mol. The number of hydrogen-bond acceptors (Lipinski definition) is 3. The standard InChI is InChI=1S/C18H24N2O/c1-5-19-17(16-11-14(3)8-9-20-16)12-15-10-13(2)6-7-18(15)21-4/h6-11,17,19H,5,12H2,1-4H3. The highest BCUT2D eigenvalue weighted by molar-refractivity contribution is 5.38. The topological polar surface area (TPSA) is 34.1 Å². The highest BCUT2D eigenvalue weighted by Gasteiger charge is 2.15. The fourth-order valence-electron chi connectivity index (χ4n) is 2.56. The van der Waals surface area contributed by atoms with Crippen molar-refractivity contribution in [3.05, 3.63) is 58.9 Å². The van der Waals surface area contributed by atoms with Gasteiger partial charge in [0.15, 0.2) is 0 Å². The molecule has 21 heavy (non-hydrogen) atoms. The Morgan fingerprint density at radius 3 is 2.57 bits per heavy atom. The zero-order valence-corrected chi connectivity index (χ0v) is 13.3. The van der Waals surface area contributed by atoms with Crippen LogP contribution in [0.2, 0.25) is 0 Å². The van der Waals surface area contributed by atoms with Gasteiger partial charge in [0, 0.05) is 6.20 Å². The predicted octanol–water partition coefficient (Wildman–Crippen LogP) is 3.60. The van der Waals surface area contributed by atoms with Gasteiger partial charge in [-0.25, -0.2) is 0 Å². The molecule has 2 rings (SSSR count). The Morgan fingerprint density at radius 2 is 1.90 bits per heavy atom. The van der Waals surface area contributed by atoms with Crippen LogP contribution in [0.25, 0.3) is 0 Å². The van der Waals surface area contributed by atoms with Crippen molar-refractivity contribution in [2.45, 2.75) is 33.2 Å². The quantitative estimate of drug-likeness (QED) is 0.880. The molecule has 0 aliphatic carbocycles. The van der Waals surface area contributed by atoms with Crippen molar-refractivity contribution >= 4 is 0 Å². The van der Waals surface area contributed by atoms with Crippen LogP contribution in [0.4, 0.5) is 0 Å². The number of ether oxygens (including phenoxy) is 1. The average molecular weight is 284 g/mol. The minimum absolute atomic E-state index is 0.200. The second-order valence-electron chi connectivity index (χ2n) is 5.39. The first-order valence-electron chi connectivity index (χ1n) is 7.43. The summed E-state index contributed by atoms with van der Waals surface area (Å²) in [5.74, 6) is 0.941. The third-order valence-corrected chi connectivity index (χ3v) is 3.60. The van der Waals surface area contributed by atoms with Gasteiger partial charge in [0.1, 0.15) is 5.75 Å². The van der Waals surface area contributed by atoms with Crippen LogP contribution in [0.3, 0.4) is 0 Å². The summed E-state index contributed by atoms with van der Waals surface area (Å²) in [6.45, 7) is 7.24. The molecule has 0 radical (unpaired) electrons. The lowest BCUT2D eigenvalue weighted by Crippen LogP contribution is -2.24. The number of benzene rings is 1. The zero-order chi connectivity index (χ0) is 15.2. The SMILES string of the molecule is CCNC(Cc1cc(C)ccc1OC)c1cc(C)ccn1. The Balaban J connectivity index is 2.30. The van der Waals surface area contributed by atoms with Gasteiger partial charge in [0.2, 0.25) is 0 Å². The number of likely N-dealkylation sites (N-methyl/N-ethyl adjacent to an activating group) is 1. The number of aromatic nitrogens is 1. The summed E-state index contributed by atoms with van der Waals surface area (Å²) >= 11 is 0. The second kappa shape index (κ2) is 7.23. The minimum atomic E-state index is 0.200. The smallest absolute Gasteiger partial charge is 0.122 e. The maximum atomic E-state index is 5.49. The van der Waals surface area contributed by atoms with Gasteiger partial charge < -0.3 is 10.1 Å². The number of pyridine rings is 1. The molecular formula is C18H24N2O. The summed E-state index contributed by atoms with van der Waals surface area (Å²) < 4.78 is 5.49. The Kier molecular flexibility index (Phi) is 5.34. The van der Waals surface area contributed by atoms with Gasteiger partial charge in [-0.3, -0.25) is 4.98 Å². The van der Waals surface area contributed by atoms with E-state index < -0.39 is 0 Å². The first-order chi connectivity index (χ1) is 10.1. The molecule has 1 aromatic carbocycles. The maximum Gasteiger partial charge on any atom is 0.122 e. The monoisotopic (exact) mass is 284 g/mol. The van der Waals surface area contributed by atoms with Crippen LogP contribution in [-0.2, 0) is 6.42 Å². The first kappa shape index (κ1) is 15.5. The van der Waals surface area contributed by atoms with Crippen molar-refractivity contribution in [3.63, 3.8) is 0 Å². The molecule has 1 atom stereocenters. The highest BCUT2D eigenvalue weighted by Crippen LogP contribution is 2.25. The largest absolute Gasteiger partial charge is 0.496 e. The molecule has 0 saturated carbocycles. The molecule has 1 heterocycles. The van der Waals surface area contributed by atoms with Crippen molar-refractivity contribution in [3.8, 4) is 5.75 Å². The number of aryl methyl sites for hydroxylation is 2. The first-order valence-corrected chi connectivity index (χ1v) is 7.43. The maximum absolute atomic E-state index is 5.49. The van der Waals surface area contributed by atoms with Gasteiger partial charge >= 0.3 is 0 Å².